The number of anilines is 1. The average Bonchev–Trinajstić information content (AvgIpc) is 3.12. The molecular formula is C26H21N3. The summed E-state index contributed by atoms with van der Waals surface area (Å²) >= 11 is 0. The normalized spacial score (nSPS) is 11.5. The Morgan fingerprint density at radius 1 is 0.690 bits per heavy atom. The van der Waals surface area contributed by atoms with E-state index in [0.717, 1.165) is 11.3 Å². The third-order valence-corrected chi connectivity index (χ3v) is 5.22. The largest absolute Gasteiger partial charge is 0.309 e. The highest BCUT2D eigenvalue weighted by Gasteiger charge is 2.11. The summed E-state index contributed by atoms with van der Waals surface area (Å²) in [6.07, 6.45) is 1.92. The van der Waals surface area contributed by atoms with Crippen LogP contribution >= 0.6 is 0 Å². The van der Waals surface area contributed by atoms with Gasteiger partial charge in [0.1, 0.15) is 0 Å². The van der Waals surface area contributed by atoms with E-state index in [1.165, 1.54) is 27.5 Å². The second kappa shape index (κ2) is 7.28. The van der Waals surface area contributed by atoms with Crippen molar-refractivity contribution in [2.75, 3.05) is 12.1 Å². The number of hydrogen-bond acceptors (Lipinski definition) is 2. The fourth-order valence-electron chi connectivity index (χ4n) is 3.79. The van der Waals surface area contributed by atoms with Crippen molar-refractivity contribution in [1.82, 2.24) is 4.57 Å². The predicted octanol–water partition coefficient (Wildman–Crippen LogP) is 6.25. The van der Waals surface area contributed by atoms with Crippen LogP contribution in [0.1, 0.15) is 5.56 Å². The molecule has 0 saturated heterocycles. The first-order chi connectivity index (χ1) is 14.3. The van der Waals surface area contributed by atoms with Gasteiger partial charge in [-0.2, -0.15) is 5.10 Å². The molecule has 0 fully saturated rings. The lowest BCUT2D eigenvalue weighted by Crippen LogP contribution is -2.08. The lowest BCUT2D eigenvalue weighted by molar-refractivity contribution is 1.02. The maximum absolute atomic E-state index is 4.62. The van der Waals surface area contributed by atoms with Crippen molar-refractivity contribution in [2.45, 2.75) is 0 Å². The van der Waals surface area contributed by atoms with E-state index in [-0.39, 0.29) is 0 Å². The number of para-hydroxylation sites is 3. The van der Waals surface area contributed by atoms with Gasteiger partial charge in [0.05, 0.1) is 22.9 Å². The quantitative estimate of drug-likeness (QED) is 0.268. The fourth-order valence-corrected chi connectivity index (χ4v) is 3.79. The van der Waals surface area contributed by atoms with E-state index < -0.39 is 0 Å². The molecular weight excluding hydrogens is 354 g/mol. The van der Waals surface area contributed by atoms with Gasteiger partial charge in [0.25, 0.3) is 0 Å². The van der Waals surface area contributed by atoms with Crippen molar-refractivity contribution in [3.05, 3.63) is 109 Å². The molecule has 1 aromatic heterocycles. The van der Waals surface area contributed by atoms with Crippen LogP contribution < -0.4 is 5.01 Å². The number of hydrogen-bond donors (Lipinski definition) is 0. The molecule has 5 rings (SSSR count). The van der Waals surface area contributed by atoms with Crippen LogP contribution in [0.3, 0.4) is 0 Å². The topological polar surface area (TPSA) is 20.5 Å². The summed E-state index contributed by atoms with van der Waals surface area (Å²) < 4.78 is 2.32. The minimum Gasteiger partial charge on any atom is -0.309 e. The summed E-state index contributed by atoms with van der Waals surface area (Å²) in [6.45, 7) is 0. The molecule has 140 valence electrons. The van der Waals surface area contributed by atoms with Crippen LogP contribution in [-0.2, 0) is 0 Å². The minimum atomic E-state index is 1.06. The first kappa shape index (κ1) is 17.3. The predicted molar refractivity (Wildman–Crippen MR) is 123 cm³/mol. The summed E-state index contributed by atoms with van der Waals surface area (Å²) in [6, 6.07) is 35.8. The van der Waals surface area contributed by atoms with Gasteiger partial charge in [-0.1, -0.05) is 60.7 Å². The first-order valence-corrected chi connectivity index (χ1v) is 9.73. The molecule has 3 heteroatoms. The molecule has 0 bridgehead atoms. The van der Waals surface area contributed by atoms with Crippen LogP contribution in [0.25, 0.3) is 27.5 Å². The van der Waals surface area contributed by atoms with Gasteiger partial charge >= 0.3 is 0 Å². The van der Waals surface area contributed by atoms with Gasteiger partial charge in [-0.25, -0.2) is 0 Å². The van der Waals surface area contributed by atoms with Gasteiger partial charge in [-0.15, -0.1) is 0 Å². The maximum atomic E-state index is 4.62. The zero-order chi connectivity index (χ0) is 19.6. The molecule has 0 unspecified atom stereocenters. The second-order valence-corrected chi connectivity index (χ2v) is 7.07. The second-order valence-electron chi connectivity index (χ2n) is 7.07. The first-order valence-electron chi connectivity index (χ1n) is 9.73. The Morgan fingerprint density at radius 3 is 2.14 bits per heavy atom. The van der Waals surface area contributed by atoms with E-state index in [4.69, 9.17) is 0 Å². The zero-order valence-corrected chi connectivity index (χ0v) is 16.2. The molecule has 0 spiro atoms. The van der Waals surface area contributed by atoms with E-state index in [9.17, 15) is 0 Å². The van der Waals surface area contributed by atoms with Gasteiger partial charge in [-0.05, 0) is 48.0 Å². The smallest absolute Gasteiger partial charge is 0.0590 e. The Kier molecular flexibility index (Phi) is 4.34. The number of nitrogens with zero attached hydrogens (tertiary/aromatic N) is 3. The Bertz CT molecular complexity index is 1300. The number of hydrazone groups is 1. The van der Waals surface area contributed by atoms with Crippen LogP contribution in [0.4, 0.5) is 5.69 Å². The molecule has 0 aliphatic rings. The molecule has 0 radical (unpaired) electrons. The van der Waals surface area contributed by atoms with E-state index >= 15 is 0 Å². The molecule has 1 heterocycles. The van der Waals surface area contributed by atoms with Crippen LogP contribution in [-0.4, -0.2) is 17.8 Å². The van der Waals surface area contributed by atoms with E-state index in [2.05, 4.69) is 82.5 Å². The summed E-state index contributed by atoms with van der Waals surface area (Å²) in [5.74, 6) is 0. The van der Waals surface area contributed by atoms with Crippen molar-refractivity contribution in [1.29, 1.82) is 0 Å². The average molecular weight is 375 g/mol. The number of fused-ring (bicyclic) bond motifs is 3. The molecule has 3 nitrogen and oxygen atoms in total. The summed E-state index contributed by atoms with van der Waals surface area (Å²) in [5.41, 5.74) is 5.72. The van der Waals surface area contributed by atoms with Gasteiger partial charge in [0, 0.05) is 23.5 Å². The van der Waals surface area contributed by atoms with E-state index in [0.29, 0.717) is 0 Å². The van der Waals surface area contributed by atoms with Crippen LogP contribution in [0, 0.1) is 0 Å². The Labute approximate surface area is 170 Å². The lowest BCUT2D eigenvalue weighted by atomic mass is 10.1. The summed E-state index contributed by atoms with van der Waals surface area (Å²) in [5, 5.41) is 8.98. The highest BCUT2D eigenvalue weighted by Crippen LogP contribution is 2.32. The van der Waals surface area contributed by atoms with Crippen LogP contribution in [0.2, 0.25) is 0 Å². The lowest BCUT2D eigenvalue weighted by Gasteiger charge is -2.12. The number of benzene rings is 4. The Hall–Kier alpha value is -3.85. The van der Waals surface area contributed by atoms with Crippen LogP contribution in [0.15, 0.2) is 108 Å². The summed E-state index contributed by atoms with van der Waals surface area (Å²) in [4.78, 5) is 0. The highest BCUT2D eigenvalue weighted by molar-refractivity contribution is 6.10. The van der Waals surface area contributed by atoms with Gasteiger partial charge in [0.2, 0.25) is 0 Å². The standard InChI is InChI=1S/C26H21N3/c1-28(21-10-4-2-5-11-21)27-19-20-16-17-26-24(18-20)23-14-8-9-15-25(23)29(26)22-12-6-3-7-13-22/h2-19H,1H3/b27-19+. The highest BCUT2D eigenvalue weighted by atomic mass is 15.4. The van der Waals surface area contributed by atoms with Gasteiger partial charge in [-0.3, -0.25) is 5.01 Å². The molecule has 0 aliphatic carbocycles. The molecule has 0 atom stereocenters. The third-order valence-electron chi connectivity index (χ3n) is 5.22. The fraction of sp³-hybridized carbons (Fsp3) is 0.0385. The van der Waals surface area contributed by atoms with E-state index in [1.807, 2.05) is 48.6 Å². The van der Waals surface area contributed by atoms with Crippen LogP contribution in [0.5, 0.6) is 0 Å². The molecule has 0 saturated carbocycles. The monoisotopic (exact) mass is 375 g/mol. The van der Waals surface area contributed by atoms with Crippen molar-refractivity contribution in [3.63, 3.8) is 0 Å². The SMILES string of the molecule is CN(/N=C/c1ccc2c(c1)c1ccccc1n2-c1ccccc1)c1ccccc1. The minimum absolute atomic E-state index is 1.06. The number of rotatable bonds is 4. The zero-order valence-electron chi connectivity index (χ0n) is 16.2. The third kappa shape index (κ3) is 3.17. The van der Waals surface area contributed by atoms with Crippen molar-refractivity contribution in [2.24, 2.45) is 5.10 Å². The van der Waals surface area contributed by atoms with Crippen molar-refractivity contribution < 1.29 is 0 Å². The number of aromatic nitrogens is 1. The molecule has 5 aromatic rings. The molecule has 4 aromatic carbocycles. The molecule has 29 heavy (non-hydrogen) atoms. The summed E-state index contributed by atoms with van der Waals surface area (Å²) in [7, 11) is 1.96. The molecule has 0 amide bonds. The maximum Gasteiger partial charge on any atom is 0.0590 e. The van der Waals surface area contributed by atoms with Gasteiger partial charge in [0.15, 0.2) is 0 Å². The Morgan fingerprint density at radius 2 is 1.34 bits per heavy atom. The van der Waals surface area contributed by atoms with E-state index in [1.54, 1.807) is 0 Å². The van der Waals surface area contributed by atoms with Crippen molar-refractivity contribution in [3.8, 4) is 5.69 Å². The van der Waals surface area contributed by atoms with Gasteiger partial charge < -0.3 is 4.57 Å². The Balaban J connectivity index is 1.61. The molecule has 0 N–H and O–H groups in total. The molecule has 0 aliphatic heterocycles. The van der Waals surface area contributed by atoms with Crippen molar-refractivity contribution >= 4 is 33.7 Å².